The van der Waals surface area contributed by atoms with Gasteiger partial charge in [0, 0.05) is 30.7 Å². The quantitative estimate of drug-likeness (QED) is 0.158. The van der Waals surface area contributed by atoms with Crippen LogP contribution in [0.3, 0.4) is 0 Å². The third-order valence-corrected chi connectivity index (χ3v) is 12.5. The molecule has 1 aliphatic rings. The van der Waals surface area contributed by atoms with Crippen LogP contribution in [0.2, 0.25) is 0 Å². The number of carboxylic acids is 1. The summed E-state index contributed by atoms with van der Waals surface area (Å²) in [4.78, 5) is 36.8. The lowest BCUT2D eigenvalue weighted by Gasteiger charge is -2.46. The van der Waals surface area contributed by atoms with Crippen molar-refractivity contribution in [2.24, 2.45) is 23.7 Å². The zero-order valence-electron chi connectivity index (χ0n) is 28.3. The molecular formula is C42H24O9P2-4. The molecule has 1 aliphatic carbocycles. The van der Waals surface area contributed by atoms with Crippen LogP contribution >= 0.6 is 14.3 Å². The Balaban J connectivity index is 3.50. The number of hydrogen-bond acceptors (Lipinski definition) is 9. The van der Waals surface area contributed by atoms with Gasteiger partial charge in [-0.3, -0.25) is 9.60 Å². The third-order valence-electron chi connectivity index (χ3n) is 6.95. The second kappa shape index (κ2) is 26.4. The van der Waals surface area contributed by atoms with E-state index in [0.29, 0.717) is 12.8 Å². The van der Waals surface area contributed by atoms with Gasteiger partial charge in [-0.05, 0) is 193 Å². The number of hydrogen-bond donors (Lipinski definition) is 0. The molecule has 1 saturated carbocycles. The zero-order valence-corrected chi connectivity index (χ0v) is 30.1. The predicted octanol–water partition coefficient (Wildman–Crippen LogP) is -0.0286. The molecule has 0 amide bonds. The van der Waals surface area contributed by atoms with E-state index in [4.69, 9.17) is 6.42 Å². The SMILES string of the molecule is C#CC#CC#CC#CC#CC#CC#CC1CCCC(C#CC#CC#CC#CC#CC#CC#CC)CCC(C(C)C(=O)[O-])C(P(=O)(OO[O-])P(=O)([O-])[O-])C1. The molecule has 11 heteroatoms. The summed E-state index contributed by atoms with van der Waals surface area (Å²) in [6.07, 6.45) is 5.88. The largest absolute Gasteiger partial charge is 0.804 e. The van der Waals surface area contributed by atoms with Crippen molar-refractivity contribution < 1.29 is 43.8 Å². The molecule has 9 nitrogen and oxygen atoms in total. The van der Waals surface area contributed by atoms with Gasteiger partial charge in [-0.25, -0.2) is 0 Å². The van der Waals surface area contributed by atoms with Crippen molar-refractivity contribution in [3.63, 3.8) is 0 Å². The molecule has 1 fully saturated rings. The molecule has 0 aromatic rings. The van der Waals surface area contributed by atoms with Crippen LogP contribution in [-0.2, 0) is 23.6 Å². The molecule has 6 atom stereocenters. The maximum Gasteiger partial charge on any atom is 0.263 e. The number of carbonyl (C=O) groups is 1. The molecule has 0 heterocycles. The van der Waals surface area contributed by atoms with Crippen molar-refractivity contribution in [1.29, 1.82) is 0 Å². The lowest BCUT2D eigenvalue weighted by atomic mass is 9.78. The van der Waals surface area contributed by atoms with Gasteiger partial charge in [-0.1, -0.05) is 31.1 Å². The Morgan fingerprint density at radius 3 is 1.49 bits per heavy atom. The number of terminal acetylenes is 1. The van der Waals surface area contributed by atoms with Gasteiger partial charge < -0.3 is 29.5 Å². The molecule has 53 heavy (non-hydrogen) atoms. The first-order chi connectivity index (χ1) is 25.5. The molecule has 0 aliphatic heterocycles. The first-order valence-electron chi connectivity index (χ1n) is 15.2. The molecule has 0 saturated heterocycles. The first kappa shape index (κ1) is 44.6. The van der Waals surface area contributed by atoms with Gasteiger partial charge in [-0.15, -0.1) is 6.42 Å². The van der Waals surface area contributed by atoms with Gasteiger partial charge in [-0.2, -0.15) is 4.67 Å². The average molecular weight is 735 g/mol. The van der Waals surface area contributed by atoms with Gasteiger partial charge in [0.25, 0.3) is 7.06 Å². The van der Waals surface area contributed by atoms with Gasteiger partial charge >= 0.3 is 0 Å². The van der Waals surface area contributed by atoms with E-state index in [2.05, 4.69) is 170 Å². The number of carbonyl (C=O) groups excluding carboxylic acids is 1. The van der Waals surface area contributed by atoms with E-state index in [1.807, 2.05) is 0 Å². The van der Waals surface area contributed by atoms with Crippen molar-refractivity contribution >= 4 is 20.3 Å². The highest BCUT2D eigenvalue weighted by Crippen LogP contribution is 2.78. The van der Waals surface area contributed by atoms with E-state index in [0.717, 1.165) is 0 Å². The molecule has 0 aromatic carbocycles. The van der Waals surface area contributed by atoms with Gasteiger partial charge in [0.15, 0.2) is 0 Å². The highest BCUT2D eigenvalue weighted by Gasteiger charge is 2.46. The zero-order chi connectivity index (χ0) is 39.2. The fourth-order valence-electron chi connectivity index (χ4n) is 4.62. The van der Waals surface area contributed by atoms with E-state index in [-0.39, 0.29) is 19.3 Å². The summed E-state index contributed by atoms with van der Waals surface area (Å²) in [6.45, 7) is 2.86. The molecular weight excluding hydrogens is 710 g/mol. The van der Waals surface area contributed by atoms with Crippen LogP contribution in [0.1, 0.15) is 52.4 Å². The van der Waals surface area contributed by atoms with Crippen LogP contribution in [0.15, 0.2) is 0 Å². The summed E-state index contributed by atoms with van der Waals surface area (Å²) in [5.74, 6) is 61.9. The second-order valence-corrected chi connectivity index (χ2v) is 16.2. The lowest BCUT2D eigenvalue weighted by Crippen LogP contribution is -2.41. The molecule has 0 N–H and O–H groups in total. The van der Waals surface area contributed by atoms with Crippen LogP contribution < -0.4 is 20.2 Å². The highest BCUT2D eigenvalue weighted by molar-refractivity contribution is 8.28. The molecule has 0 aromatic heterocycles. The van der Waals surface area contributed by atoms with E-state index in [1.54, 1.807) is 6.92 Å². The molecule has 260 valence electrons. The second-order valence-electron chi connectivity index (χ2n) is 10.2. The highest BCUT2D eigenvalue weighted by atomic mass is 32.1. The van der Waals surface area contributed by atoms with Crippen molar-refractivity contribution in [1.82, 2.24) is 0 Å². The molecule has 0 bridgehead atoms. The standard InChI is InChI=1S/C42H28O9P2/c1-4-6-8-10-12-14-16-18-20-21-23-25-27-30-38-32-29-33-39(31-28-26-24-22-19-17-15-13-11-9-7-5-2)36-41(40(35-34-38)37(3)42(43)44)52(46,51-50-45)53(47,48)49/h2,37-41,45H,29,32-36H2,1,3H3,(H,43,44)(H2,47,48,49)/p-4. The fraction of sp³-hybridized carbons (Fsp3) is 0.310. The Kier molecular flexibility index (Phi) is 22.2. The summed E-state index contributed by atoms with van der Waals surface area (Å²) >= 11 is 0. The van der Waals surface area contributed by atoms with Crippen LogP contribution in [-0.4, -0.2) is 11.6 Å². The molecule has 0 radical (unpaired) electrons. The van der Waals surface area contributed by atoms with Crippen LogP contribution in [0, 0.1) is 190 Å². The number of carboxylic acid groups (broad SMARTS) is 1. The first-order valence-corrected chi connectivity index (χ1v) is 19.2. The summed E-state index contributed by atoms with van der Waals surface area (Å²) in [5, 5.41) is 26.3. The number of aliphatic carboxylic acids is 1. The van der Waals surface area contributed by atoms with Crippen molar-refractivity contribution in [2.45, 2.75) is 58.0 Å². The molecule has 6 unspecified atom stereocenters. The topological polar surface area (TPSA) is 162 Å². The minimum Gasteiger partial charge on any atom is -0.804 e. The summed E-state index contributed by atoms with van der Waals surface area (Å²) in [6, 6.07) is 0. The van der Waals surface area contributed by atoms with Gasteiger partial charge in [0.2, 0.25) is 0 Å². The van der Waals surface area contributed by atoms with Gasteiger partial charge in [0.1, 0.15) is 0 Å². The Morgan fingerprint density at radius 2 is 1.08 bits per heavy atom. The average Bonchev–Trinajstić information content (AvgIpc) is 3.12. The molecule has 0 spiro atoms. The van der Waals surface area contributed by atoms with E-state index >= 15 is 0 Å². The van der Waals surface area contributed by atoms with Crippen molar-refractivity contribution in [3.8, 4) is 166 Å². The maximum absolute atomic E-state index is 13.7. The van der Waals surface area contributed by atoms with E-state index in [1.165, 1.54) is 6.92 Å². The summed E-state index contributed by atoms with van der Waals surface area (Å²) in [7, 11) is -11.8. The Hall–Kier alpha value is -6.43. The lowest BCUT2D eigenvalue weighted by molar-refractivity contribution is -0.779. The van der Waals surface area contributed by atoms with Crippen molar-refractivity contribution in [3.05, 3.63) is 0 Å². The van der Waals surface area contributed by atoms with E-state index in [9.17, 15) is 34.1 Å². The minimum absolute atomic E-state index is 0.0952. The van der Waals surface area contributed by atoms with Crippen LogP contribution in [0.25, 0.3) is 0 Å². The maximum atomic E-state index is 13.7. The van der Waals surface area contributed by atoms with Crippen molar-refractivity contribution in [2.75, 3.05) is 0 Å². The number of rotatable bonds is 6. The summed E-state index contributed by atoms with van der Waals surface area (Å²) in [5.41, 5.74) is -1.80. The normalized spacial score (nSPS) is 17.9. The smallest absolute Gasteiger partial charge is 0.263 e. The van der Waals surface area contributed by atoms with Gasteiger partial charge in [0.05, 0.1) is 0 Å². The van der Waals surface area contributed by atoms with Crippen LogP contribution in [0.5, 0.6) is 0 Å². The Morgan fingerprint density at radius 1 is 0.660 bits per heavy atom. The van der Waals surface area contributed by atoms with Crippen LogP contribution in [0.4, 0.5) is 0 Å². The Labute approximate surface area is 311 Å². The monoisotopic (exact) mass is 734 g/mol. The minimum atomic E-state index is -6.21. The third kappa shape index (κ3) is 18.4. The Bertz CT molecular complexity index is 2380. The summed E-state index contributed by atoms with van der Waals surface area (Å²) < 4.78 is 30.3. The molecule has 1 rings (SSSR count). The fourth-order valence-corrected chi connectivity index (χ4v) is 8.89. The van der Waals surface area contributed by atoms with E-state index < -0.39 is 56.1 Å². The predicted molar refractivity (Wildman–Crippen MR) is 189 cm³/mol.